The fourth-order valence-corrected chi connectivity index (χ4v) is 2.44. The van der Waals surface area contributed by atoms with Crippen molar-refractivity contribution in [3.8, 4) is 5.88 Å². The highest BCUT2D eigenvalue weighted by Gasteiger charge is 2.41. The molecule has 0 radical (unpaired) electrons. The average molecular weight is 267 g/mol. The number of thioether (sulfide) groups is 1. The Balaban J connectivity index is 2.00. The van der Waals surface area contributed by atoms with Crippen molar-refractivity contribution in [3.63, 3.8) is 0 Å². The van der Waals surface area contributed by atoms with Crippen LogP contribution in [0.1, 0.15) is 26.7 Å². The summed E-state index contributed by atoms with van der Waals surface area (Å²) < 4.78 is 6.00. The van der Waals surface area contributed by atoms with Gasteiger partial charge in [-0.3, -0.25) is 0 Å². The Kier molecular flexibility index (Phi) is 3.90. The summed E-state index contributed by atoms with van der Waals surface area (Å²) >= 11 is 1.93. The molecule has 1 aromatic rings. The monoisotopic (exact) mass is 267 g/mol. The minimum Gasteiger partial charge on any atom is -0.473 e. The van der Waals surface area contributed by atoms with E-state index >= 15 is 0 Å². The normalized spacial score (nSPS) is 16.7. The van der Waals surface area contributed by atoms with E-state index in [1.165, 1.54) is 12.8 Å². The van der Waals surface area contributed by atoms with Gasteiger partial charge in [0, 0.05) is 11.3 Å². The van der Waals surface area contributed by atoms with Gasteiger partial charge in [-0.1, -0.05) is 0 Å². The third-order valence-corrected chi connectivity index (χ3v) is 4.49. The Labute approximate surface area is 113 Å². The molecule has 0 unspecified atom stereocenters. The third kappa shape index (κ3) is 3.22. The maximum absolute atomic E-state index is 5.84. The summed E-state index contributed by atoms with van der Waals surface area (Å²) in [6.07, 6.45) is 4.81. The highest BCUT2D eigenvalue weighted by molar-refractivity contribution is 8.00. The molecule has 100 valence electrons. The number of nitrogens with zero attached hydrogens (tertiary/aromatic N) is 1. The van der Waals surface area contributed by atoms with Crippen LogP contribution in [0.2, 0.25) is 0 Å². The van der Waals surface area contributed by atoms with Crippen LogP contribution >= 0.6 is 11.8 Å². The highest BCUT2D eigenvalue weighted by Crippen LogP contribution is 2.47. The Morgan fingerprint density at radius 3 is 2.78 bits per heavy atom. The molecule has 3 N–H and O–H groups in total. The molecule has 2 rings (SSSR count). The predicted octanol–water partition coefficient (Wildman–Crippen LogP) is 2.76. The van der Waals surface area contributed by atoms with Crippen LogP contribution < -0.4 is 15.8 Å². The van der Waals surface area contributed by atoms with Crippen molar-refractivity contribution < 1.29 is 4.74 Å². The van der Waals surface area contributed by atoms with Crippen LogP contribution in [-0.2, 0) is 0 Å². The number of rotatable bonds is 6. The van der Waals surface area contributed by atoms with Gasteiger partial charge in [-0.2, -0.15) is 16.7 Å². The highest BCUT2D eigenvalue weighted by atomic mass is 32.2. The van der Waals surface area contributed by atoms with Gasteiger partial charge in [0.05, 0.1) is 11.8 Å². The molecule has 4 nitrogen and oxygen atoms in total. The summed E-state index contributed by atoms with van der Waals surface area (Å²) in [5.41, 5.74) is 6.42. The zero-order valence-electron chi connectivity index (χ0n) is 11.2. The Hall–Kier alpha value is -1.10. The zero-order chi connectivity index (χ0) is 13.2. The molecule has 0 spiro atoms. The fourth-order valence-electron chi connectivity index (χ4n) is 1.71. The average Bonchev–Trinajstić information content (AvgIpc) is 3.10. The number of pyridine rings is 1. The van der Waals surface area contributed by atoms with E-state index in [0.29, 0.717) is 16.3 Å². The standard InChI is InChI=1S/C13H21N3OS/c1-9(2)17-12-10(14)4-5-11(16-12)15-8-13(18-3)6-7-13/h4-5,9H,6-8,14H2,1-3H3,(H,15,16). The van der Waals surface area contributed by atoms with Crippen molar-refractivity contribution in [2.75, 3.05) is 23.9 Å². The lowest BCUT2D eigenvalue weighted by Gasteiger charge is -2.16. The molecule has 1 aliphatic rings. The molecule has 18 heavy (non-hydrogen) atoms. The van der Waals surface area contributed by atoms with Gasteiger partial charge < -0.3 is 15.8 Å². The van der Waals surface area contributed by atoms with Crippen molar-refractivity contribution >= 4 is 23.3 Å². The largest absolute Gasteiger partial charge is 0.473 e. The molecule has 5 heteroatoms. The molecule has 0 saturated heterocycles. The number of nitrogens with two attached hydrogens (primary N) is 1. The first-order valence-electron chi connectivity index (χ1n) is 6.27. The van der Waals surface area contributed by atoms with Crippen molar-refractivity contribution in [2.45, 2.75) is 37.5 Å². The summed E-state index contributed by atoms with van der Waals surface area (Å²) in [6, 6.07) is 3.74. The van der Waals surface area contributed by atoms with Gasteiger partial charge in [-0.15, -0.1) is 0 Å². The summed E-state index contributed by atoms with van der Waals surface area (Å²) in [4.78, 5) is 4.41. The minimum absolute atomic E-state index is 0.0796. The van der Waals surface area contributed by atoms with Gasteiger partial charge in [-0.25, -0.2) is 0 Å². The lowest BCUT2D eigenvalue weighted by atomic mass is 10.3. The molecule has 1 heterocycles. The molecular weight excluding hydrogens is 246 g/mol. The topological polar surface area (TPSA) is 60.2 Å². The van der Waals surface area contributed by atoms with Crippen LogP contribution in [0.5, 0.6) is 5.88 Å². The Morgan fingerprint density at radius 1 is 1.50 bits per heavy atom. The van der Waals surface area contributed by atoms with Crippen LogP contribution in [0.4, 0.5) is 11.5 Å². The van der Waals surface area contributed by atoms with Crippen LogP contribution in [0.3, 0.4) is 0 Å². The van der Waals surface area contributed by atoms with E-state index in [1.807, 2.05) is 37.7 Å². The fraction of sp³-hybridized carbons (Fsp3) is 0.615. The molecular formula is C13H21N3OS. The second-order valence-corrected chi connectivity index (χ2v) is 6.27. The number of aromatic nitrogens is 1. The first kappa shape index (κ1) is 13.3. The van der Waals surface area contributed by atoms with Crippen molar-refractivity contribution in [2.24, 2.45) is 0 Å². The third-order valence-electron chi connectivity index (χ3n) is 3.07. The first-order valence-corrected chi connectivity index (χ1v) is 7.49. The molecule has 1 aromatic heterocycles. The molecule has 1 fully saturated rings. The molecule has 1 saturated carbocycles. The smallest absolute Gasteiger partial charge is 0.239 e. The Bertz CT molecular complexity index is 419. The number of ether oxygens (including phenoxy) is 1. The van der Waals surface area contributed by atoms with Crippen LogP contribution in [-0.4, -0.2) is 28.6 Å². The van der Waals surface area contributed by atoms with Gasteiger partial charge >= 0.3 is 0 Å². The number of anilines is 2. The van der Waals surface area contributed by atoms with E-state index in [1.54, 1.807) is 0 Å². The lowest BCUT2D eigenvalue weighted by Crippen LogP contribution is -2.18. The molecule has 0 aliphatic heterocycles. The molecule has 0 atom stereocenters. The van der Waals surface area contributed by atoms with E-state index in [2.05, 4.69) is 16.6 Å². The lowest BCUT2D eigenvalue weighted by molar-refractivity contribution is 0.234. The van der Waals surface area contributed by atoms with E-state index in [4.69, 9.17) is 10.5 Å². The molecule has 0 bridgehead atoms. The zero-order valence-corrected chi connectivity index (χ0v) is 12.0. The second-order valence-electron chi connectivity index (χ2n) is 5.00. The van der Waals surface area contributed by atoms with E-state index in [0.717, 1.165) is 12.4 Å². The van der Waals surface area contributed by atoms with E-state index < -0.39 is 0 Å². The van der Waals surface area contributed by atoms with E-state index in [9.17, 15) is 0 Å². The molecule has 0 amide bonds. The number of nitrogen functional groups attached to an aromatic ring is 1. The van der Waals surface area contributed by atoms with Gasteiger partial charge in [0.15, 0.2) is 0 Å². The maximum atomic E-state index is 5.84. The summed E-state index contributed by atoms with van der Waals surface area (Å²) in [5, 5.41) is 3.37. The quantitative estimate of drug-likeness (QED) is 0.830. The summed E-state index contributed by atoms with van der Waals surface area (Å²) in [6.45, 7) is 4.88. The number of hydrogen-bond donors (Lipinski definition) is 2. The van der Waals surface area contributed by atoms with Crippen molar-refractivity contribution in [1.29, 1.82) is 0 Å². The van der Waals surface area contributed by atoms with Crippen molar-refractivity contribution in [1.82, 2.24) is 4.98 Å². The number of hydrogen-bond acceptors (Lipinski definition) is 5. The Morgan fingerprint density at radius 2 is 2.22 bits per heavy atom. The summed E-state index contributed by atoms with van der Waals surface area (Å²) in [7, 11) is 0. The first-order chi connectivity index (χ1) is 8.54. The molecule has 1 aliphatic carbocycles. The predicted molar refractivity (Wildman–Crippen MR) is 78.4 cm³/mol. The summed E-state index contributed by atoms with van der Waals surface area (Å²) in [5.74, 6) is 1.35. The van der Waals surface area contributed by atoms with Crippen LogP contribution in [0, 0.1) is 0 Å². The van der Waals surface area contributed by atoms with Crippen molar-refractivity contribution in [3.05, 3.63) is 12.1 Å². The van der Waals surface area contributed by atoms with Crippen LogP contribution in [0.25, 0.3) is 0 Å². The van der Waals surface area contributed by atoms with Gasteiger partial charge in [-0.05, 0) is 45.1 Å². The number of nitrogens with one attached hydrogen (secondary N) is 1. The van der Waals surface area contributed by atoms with Crippen LogP contribution in [0.15, 0.2) is 12.1 Å². The van der Waals surface area contributed by atoms with Gasteiger partial charge in [0.2, 0.25) is 5.88 Å². The van der Waals surface area contributed by atoms with E-state index in [-0.39, 0.29) is 6.10 Å². The second kappa shape index (κ2) is 5.26. The van der Waals surface area contributed by atoms with Gasteiger partial charge in [0.1, 0.15) is 5.82 Å². The SMILES string of the molecule is CSC1(CNc2ccc(N)c(OC(C)C)n2)CC1. The molecule has 0 aromatic carbocycles. The van der Waals surface area contributed by atoms with Gasteiger partial charge in [0.25, 0.3) is 0 Å². The minimum atomic E-state index is 0.0796. The maximum Gasteiger partial charge on any atom is 0.239 e.